The quantitative estimate of drug-likeness (QED) is 0.513. The number of carbonyl (C=O) groups excluding carboxylic acids is 1. The third kappa shape index (κ3) is 1.39. The zero-order valence-corrected chi connectivity index (χ0v) is 9.29. The molecular formula is C11H14BN3O. The van der Waals surface area contributed by atoms with Gasteiger partial charge in [-0.1, -0.05) is 11.5 Å². The van der Waals surface area contributed by atoms with Gasteiger partial charge in [-0.3, -0.25) is 4.79 Å². The smallest absolute Gasteiger partial charge is 0.255 e. The second kappa shape index (κ2) is 3.52. The summed E-state index contributed by atoms with van der Waals surface area (Å²) in [5, 5.41) is 6.31. The van der Waals surface area contributed by atoms with Crippen molar-refractivity contribution < 1.29 is 4.79 Å². The molecule has 1 saturated heterocycles. The Labute approximate surface area is 95.4 Å². The van der Waals surface area contributed by atoms with Crippen molar-refractivity contribution >= 4 is 24.9 Å². The van der Waals surface area contributed by atoms with Crippen LogP contribution in [0.3, 0.4) is 0 Å². The van der Waals surface area contributed by atoms with Crippen LogP contribution >= 0.6 is 0 Å². The molecule has 2 aliphatic heterocycles. The average molecular weight is 215 g/mol. The van der Waals surface area contributed by atoms with Gasteiger partial charge in [0, 0.05) is 19.6 Å². The maximum Gasteiger partial charge on any atom is 0.255 e. The molecule has 2 N–H and O–H groups in total. The molecule has 0 aliphatic carbocycles. The minimum Gasteiger partial charge on any atom is -0.348 e. The van der Waals surface area contributed by atoms with Gasteiger partial charge in [0.25, 0.3) is 5.91 Å². The van der Waals surface area contributed by atoms with E-state index < -0.39 is 0 Å². The predicted octanol–water partition coefficient (Wildman–Crippen LogP) is -1.58. The van der Waals surface area contributed by atoms with Crippen molar-refractivity contribution in [2.75, 3.05) is 24.5 Å². The number of hydrogen-bond acceptors (Lipinski definition) is 3. The summed E-state index contributed by atoms with van der Waals surface area (Å²) in [6, 6.07) is 6.01. The Morgan fingerprint density at radius 1 is 1.44 bits per heavy atom. The Morgan fingerprint density at radius 3 is 3.19 bits per heavy atom. The number of fused-ring (bicyclic) bond motifs is 3. The molecule has 16 heavy (non-hydrogen) atoms. The molecule has 1 aromatic rings. The highest BCUT2D eigenvalue weighted by molar-refractivity contribution is 6.33. The van der Waals surface area contributed by atoms with Crippen LogP contribution < -0.4 is 21.0 Å². The molecule has 0 saturated carbocycles. The number of nitrogens with zero attached hydrogens (tertiary/aromatic N) is 1. The molecule has 1 amide bonds. The second-order valence-corrected chi connectivity index (χ2v) is 4.41. The van der Waals surface area contributed by atoms with Gasteiger partial charge in [-0.2, -0.15) is 0 Å². The highest BCUT2D eigenvalue weighted by Crippen LogP contribution is 2.25. The summed E-state index contributed by atoms with van der Waals surface area (Å²) >= 11 is 0. The van der Waals surface area contributed by atoms with Gasteiger partial charge >= 0.3 is 0 Å². The minimum absolute atomic E-state index is 0.0416. The molecule has 0 unspecified atom stereocenters. The molecule has 4 nitrogen and oxygen atoms in total. The molecule has 82 valence electrons. The molecule has 2 heterocycles. The highest BCUT2D eigenvalue weighted by atomic mass is 16.2. The molecule has 1 aromatic carbocycles. The maximum atomic E-state index is 11.9. The van der Waals surface area contributed by atoms with E-state index in [2.05, 4.69) is 29.4 Å². The van der Waals surface area contributed by atoms with Gasteiger partial charge in [0.2, 0.25) is 0 Å². The van der Waals surface area contributed by atoms with Crippen LogP contribution in [0.1, 0.15) is 10.4 Å². The summed E-state index contributed by atoms with van der Waals surface area (Å²) in [4.78, 5) is 14.2. The van der Waals surface area contributed by atoms with Gasteiger partial charge in [-0.25, -0.2) is 0 Å². The maximum absolute atomic E-state index is 11.9. The number of nitrogens with one attached hydrogen (secondary N) is 2. The first-order chi connectivity index (χ1) is 7.75. The number of piperazine rings is 1. The second-order valence-electron chi connectivity index (χ2n) is 4.41. The summed E-state index contributed by atoms with van der Waals surface area (Å²) in [6.45, 7) is 2.74. The Balaban J connectivity index is 2.09. The van der Waals surface area contributed by atoms with E-state index in [-0.39, 0.29) is 12.1 Å². The van der Waals surface area contributed by atoms with Crippen LogP contribution in [0.25, 0.3) is 0 Å². The molecule has 0 aromatic heterocycles. The lowest BCUT2D eigenvalue weighted by Crippen LogP contribution is -2.62. The van der Waals surface area contributed by atoms with Crippen molar-refractivity contribution in [3.8, 4) is 0 Å². The SMILES string of the molecule is Bc1ccc2c(c1)N1CCNC[C@H]1NC2=O. The van der Waals surface area contributed by atoms with Crippen molar-refractivity contribution in [3.05, 3.63) is 23.8 Å². The number of rotatable bonds is 0. The van der Waals surface area contributed by atoms with E-state index >= 15 is 0 Å². The first kappa shape index (κ1) is 9.72. The first-order valence-electron chi connectivity index (χ1n) is 5.64. The average Bonchev–Trinajstić information content (AvgIpc) is 2.29. The molecular weight excluding hydrogens is 201 g/mol. The zero-order chi connectivity index (χ0) is 11.1. The van der Waals surface area contributed by atoms with E-state index in [1.807, 2.05) is 12.1 Å². The normalized spacial score (nSPS) is 23.4. The fraction of sp³-hybridized carbons (Fsp3) is 0.364. The number of amides is 1. The van der Waals surface area contributed by atoms with Crippen LogP contribution in [0.2, 0.25) is 0 Å². The van der Waals surface area contributed by atoms with Crippen molar-refractivity contribution in [1.82, 2.24) is 10.6 Å². The molecule has 3 rings (SSSR count). The van der Waals surface area contributed by atoms with Crippen molar-refractivity contribution in [2.24, 2.45) is 0 Å². The standard InChI is InChI=1S/C11H14BN3O/c12-7-1-2-8-9(5-7)15-4-3-13-6-10(15)14-11(8)16/h1-2,5,10,13H,3-4,6,12H2,(H,14,16)/t10-/m0/s1. The van der Waals surface area contributed by atoms with Crippen LogP contribution in [-0.4, -0.2) is 39.6 Å². The zero-order valence-electron chi connectivity index (χ0n) is 9.29. The van der Waals surface area contributed by atoms with Crippen LogP contribution in [0.15, 0.2) is 18.2 Å². The molecule has 0 bridgehead atoms. The van der Waals surface area contributed by atoms with Gasteiger partial charge < -0.3 is 15.5 Å². The van der Waals surface area contributed by atoms with E-state index in [0.29, 0.717) is 0 Å². The Morgan fingerprint density at radius 2 is 2.31 bits per heavy atom. The van der Waals surface area contributed by atoms with Crippen molar-refractivity contribution in [1.29, 1.82) is 0 Å². The molecule has 0 spiro atoms. The fourth-order valence-corrected chi connectivity index (χ4v) is 2.42. The van der Waals surface area contributed by atoms with Crippen LogP contribution in [0.5, 0.6) is 0 Å². The van der Waals surface area contributed by atoms with E-state index in [1.165, 1.54) is 5.46 Å². The third-order valence-corrected chi connectivity index (χ3v) is 3.25. The summed E-state index contributed by atoms with van der Waals surface area (Å²) < 4.78 is 0. The van der Waals surface area contributed by atoms with Crippen LogP contribution in [-0.2, 0) is 0 Å². The molecule has 1 atom stereocenters. The Kier molecular flexibility index (Phi) is 2.14. The molecule has 2 aliphatic rings. The van der Waals surface area contributed by atoms with Crippen molar-refractivity contribution in [3.63, 3.8) is 0 Å². The van der Waals surface area contributed by atoms with Gasteiger partial charge in [-0.05, 0) is 12.1 Å². The van der Waals surface area contributed by atoms with Crippen molar-refractivity contribution in [2.45, 2.75) is 6.17 Å². The largest absolute Gasteiger partial charge is 0.348 e. The fourth-order valence-electron chi connectivity index (χ4n) is 2.42. The number of carbonyl (C=O) groups is 1. The topological polar surface area (TPSA) is 44.4 Å². The van der Waals surface area contributed by atoms with E-state index in [9.17, 15) is 4.79 Å². The number of anilines is 1. The van der Waals surface area contributed by atoms with Gasteiger partial charge in [-0.15, -0.1) is 0 Å². The summed E-state index contributed by atoms with van der Waals surface area (Å²) in [5.74, 6) is 0.0416. The van der Waals surface area contributed by atoms with Crippen LogP contribution in [0.4, 0.5) is 5.69 Å². The first-order valence-corrected chi connectivity index (χ1v) is 5.64. The number of hydrogen-bond donors (Lipinski definition) is 2. The van der Waals surface area contributed by atoms with Gasteiger partial charge in [0.1, 0.15) is 14.0 Å². The van der Waals surface area contributed by atoms with Gasteiger partial charge in [0.05, 0.1) is 11.3 Å². The lowest BCUT2D eigenvalue weighted by atomic mass is 9.92. The number of benzene rings is 1. The van der Waals surface area contributed by atoms with E-state index in [0.717, 1.165) is 30.9 Å². The summed E-state index contributed by atoms with van der Waals surface area (Å²) in [5.41, 5.74) is 3.07. The molecule has 0 radical (unpaired) electrons. The lowest BCUT2D eigenvalue weighted by Gasteiger charge is -2.42. The Hall–Kier alpha value is -1.49. The molecule has 5 heteroatoms. The van der Waals surface area contributed by atoms with E-state index in [4.69, 9.17) is 0 Å². The summed E-state index contributed by atoms with van der Waals surface area (Å²) in [6.07, 6.45) is 0.107. The predicted molar refractivity (Wildman–Crippen MR) is 66.1 cm³/mol. The third-order valence-electron chi connectivity index (χ3n) is 3.25. The highest BCUT2D eigenvalue weighted by Gasteiger charge is 2.31. The molecule has 1 fully saturated rings. The summed E-state index contributed by atoms with van der Waals surface area (Å²) in [7, 11) is 2.06. The minimum atomic E-state index is 0.0416. The van der Waals surface area contributed by atoms with Crippen LogP contribution in [0, 0.1) is 0 Å². The van der Waals surface area contributed by atoms with Gasteiger partial charge in [0.15, 0.2) is 0 Å². The van der Waals surface area contributed by atoms with E-state index in [1.54, 1.807) is 0 Å². The monoisotopic (exact) mass is 215 g/mol. The lowest BCUT2D eigenvalue weighted by molar-refractivity contribution is 0.0923. The Bertz CT molecular complexity index is 449.